The number of likely N-dealkylation sites (tertiary alicyclic amines) is 1. The number of carbonyl (C=O) groups is 2. The third kappa shape index (κ3) is 4.73. The van der Waals surface area contributed by atoms with Crippen molar-refractivity contribution in [2.75, 3.05) is 13.1 Å². The highest BCUT2D eigenvalue weighted by molar-refractivity contribution is 5.94. The zero-order valence-electron chi connectivity index (χ0n) is 16.7. The highest BCUT2D eigenvalue weighted by Gasteiger charge is 2.46. The average Bonchev–Trinajstić information content (AvgIpc) is 3.54. The molecule has 2 fully saturated rings. The summed E-state index contributed by atoms with van der Waals surface area (Å²) in [4.78, 5) is 26.8. The van der Waals surface area contributed by atoms with Crippen LogP contribution in [0, 0.1) is 11.7 Å². The van der Waals surface area contributed by atoms with Crippen LogP contribution in [0.1, 0.15) is 46.7 Å². The zero-order chi connectivity index (χ0) is 22.2. The van der Waals surface area contributed by atoms with Crippen molar-refractivity contribution in [3.63, 3.8) is 0 Å². The molecular weight excluding hydrogens is 412 g/mol. The maximum absolute atomic E-state index is 13.7. The van der Waals surface area contributed by atoms with Crippen molar-refractivity contribution in [3.05, 3.63) is 71.0 Å². The van der Waals surface area contributed by atoms with Gasteiger partial charge in [-0.25, -0.2) is 4.39 Å². The summed E-state index contributed by atoms with van der Waals surface area (Å²) in [5, 5.41) is 2.81. The average molecular weight is 434 g/mol. The van der Waals surface area contributed by atoms with E-state index in [9.17, 15) is 27.2 Å². The van der Waals surface area contributed by atoms with Gasteiger partial charge in [-0.05, 0) is 48.9 Å². The molecule has 2 aliphatic rings. The number of benzene rings is 2. The maximum atomic E-state index is 13.7. The molecule has 0 radical (unpaired) electrons. The van der Waals surface area contributed by atoms with E-state index in [0.717, 1.165) is 12.1 Å². The monoisotopic (exact) mass is 434 g/mol. The minimum absolute atomic E-state index is 0.0112. The number of hydrogen-bond acceptors (Lipinski definition) is 2. The standard InChI is InChI=1S/C23H22F4N2O2/c24-20-7-2-1-6-17(20)21(30)28-16-8-10-29(11-9-16)22(31)19-13-18(19)14-4-3-5-15(12-14)23(25,26)27/h1-7,12,16,18-19H,8-11,13H2,(H,28,30). The molecule has 1 heterocycles. The Morgan fingerprint density at radius 3 is 2.39 bits per heavy atom. The summed E-state index contributed by atoms with van der Waals surface area (Å²) in [7, 11) is 0. The third-order valence-electron chi connectivity index (χ3n) is 6.01. The van der Waals surface area contributed by atoms with E-state index >= 15 is 0 Å². The Labute approximate surface area is 177 Å². The minimum Gasteiger partial charge on any atom is -0.349 e. The van der Waals surface area contributed by atoms with Gasteiger partial charge in [0.2, 0.25) is 5.91 Å². The van der Waals surface area contributed by atoms with E-state index in [2.05, 4.69) is 5.32 Å². The quantitative estimate of drug-likeness (QED) is 0.727. The normalized spacial score (nSPS) is 21.6. The largest absolute Gasteiger partial charge is 0.416 e. The lowest BCUT2D eigenvalue weighted by Crippen LogP contribution is -2.47. The number of hydrogen-bond donors (Lipinski definition) is 1. The van der Waals surface area contributed by atoms with E-state index in [1.54, 1.807) is 17.0 Å². The summed E-state index contributed by atoms with van der Waals surface area (Å²) in [6, 6.07) is 10.8. The van der Waals surface area contributed by atoms with Gasteiger partial charge in [-0.3, -0.25) is 9.59 Å². The van der Waals surface area contributed by atoms with Gasteiger partial charge >= 0.3 is 6.18 Å². The van der Waals surface area contributed by atoms with Gasteiger partial charge in [0.25, 0.3) is 5.91 Å². The van der Waals surface area contributed by atoms with Crippen LogP contribution in [0.25, 0.3) is 0 Å². The number of carbonyl (C=O) groups excluding carboxylic acids is 2. The molecule has 1 N–H and O–H groups in total. The summed E-state index contributed by atoms with van der Waals surface area (Å²) >= 11 is 0. The van der Waals surface area contributed by atoms with Crippen molar-refractivity contribution in [3.8, 4) is 0 Å². The molecule has 2 aromatic rings. The van der Waals surface area contributed by atoms with Crippen molar-refractivity contribution >= 4 is 11.8 Å². The number of rotatable bonds is 4. The van der Waals surface area contributed by atoms with Crippen LogP contribution in [0.2, 0.25) is 0 Å². The maximum Gasteiger partial charge on any atom is 0.416 e. The fourth-order valence-corrected chi connectivity index (χ4v) is 4.17. The van der Waals surface area contributed by atoms with E-state index in [1.807, 2.05) is 0 Å². The summed E-state index contributed by atoms with van der Waals surface area (Å²) in [5.41, 5.74) is -0.169. The van der Waals surface area contributed by atoms with Gasteiger partial charge in [0.1, 0.15) is 5.82 Å². The van der Waals surface area contributed by atoms with Crippen molar-refractivity contribution in [1.29, 1.82) is 0 Å². The van der Waals surface area contributed by atoms with Crippen LogP contribution in [-0.4, -0.2) is 35.8 Å². The first-order valence-electron chi connectivity index (χ1n) is 10.3. The first kappa shape index (κ1) is 21.3. The molecule has 4 nitrogen and oxygen atoms in total. The molecule has 0 spiro atoms. The Morgan fingerprint density at radius 2 is 1.71 bits per heavy atom. The van der Waals surface area contributed by atoms with E-state index in [1.165, 1.54) is 24.3 Å². The number of piperidine rings is 1. The highest BCUT2D eigenvalue weighted by atomic mass is 19.4. The van der Waals surface area contributed by atoms with E-state index in [4.69, 9.17) is 0 Å². The predicted octanol–water partition coefficient (Wildman–Crippen LogP) is 4.37. The van der Waals surface area contributed by atoms with E-state index in [0.29, 0.717) is 37.9 Å². The van der Waals surface area contributed by atoms with Crippen LogP contribution in [-0.2, 0) is 11.0 Å². The Hall–Kier alpha value is -2.90. The van der Waals surface area contributed by atoms with Gasteiger partial charge in [-0.1, -0.05) is 30.3 Å². The van der Waals surface area contributed by atoms with Crippen molar-refractivity contribution in [2.24, 2.45) is 5.92 Å². The number of halogens is 4. The Bertz CT molecular complexity index is 984. The van der Waals surface area contributed by atoms with Crippen molar-refractivity contribution in [1.82, 2.24) is 10.2 Å². The number of amides is 2. The molecule has 164 valence electrons. The second-order valence-corrected chi connectivity index (χ2v) is 8.12. The minimum atomic E-state index is -4.40. The first-order chi connectivity index (χ1) is 14.7. The molecule has 31 heavy (non-hydrogen) atoms. The van der Waals surface area contributed by atoms with Crippen LogP contribution in [0.15, 0.2) is 48.5 Å². The SMILES string of the molecule is O=C(NC1CCN(C(=O)C2CC2c2cccc(C(F)(F)F)c2)CC1)c1ccccc1F. The molecule has 1 aliphatic heterocycles. The Balaban J connectivity index is 1.30. The number of nitrogens with one attached hydrogen (secondary N) is 1. The van der Waals surface area contributed by atoms with Gasteiger partial charge < -0.3 is 10.2 Å². The predicted molar refractivity (Wildman–Crippen MR) is 106 cm³/mol. The lowest BCUT2D eigenvalue weighted by molar-refractivity contribution is -0.137. The Morgan fingerprint density at radius 1 is 1.00 bits per heavy atom. The molecule has 0 bridgehead atoms. The fourth-order valence-electron chi connectivity index (χ4n) is 4.17. The molecular formula is C23H22F4N2O2. The summed E-state index contributed by atoms with van der Waals surface area (Å²) in [6.07, 6.45) is -2.76. The van der Waals surface area contributed by atoms with Crippen LogP contribution in [0.4, 0.5) is 17.6 Å². The van der Waals surface area contributed by atoms with Crippen molar-refractivity contribution in [2.45, 2.75) is 37.4 Å². The zero-order valence-corrected chi connectivity index (χ0v) is 16.7. The number of alkyl halides is 3. The molecule has 2 atom stereocenters. The second-order valence-electron chi connectivity index (χ2n) is 8.12. The topological polar surface area (TPSA) is 49.4 Å². The fraction of sp³-hybridized carbons (Fsp3) is 0.391. The van der Waals surface area contributed by atoms with Gasteiger partial charge in [0, 0.05) is 25.0 Å². The molecule has 1 aliphatic carbocycles. The number of nitrogens with zero attached hydrogens (tertiary/aromatic N) is 1. The molecule has 8 heteroatoms. The third-order valence-corrected chi connectivity index (χ3v) is 6.01. The smallest absolute Gasteiger partial charge is 0.349 e. The molecule has 0 aromatic heterocycles. The summed E-state index contributed by atoms with van der Waals surface area (Å²) < 4.78 is 52.5. The Kier molecular flexibility index (Phi) is 5.73. The van der Waals surface area contributed by atoms with E-state index in [-0.39, 0.29) is 29.3 Å². The van der Waals surface area contributed by atoms with Crippen LogP contribution < -0.4 is 5.32 Å². The summed E-state index contributed by atoms with van der Waals surface area (Å²) in [5.74, 6) is -1.60. The van der Waals surface area contributed by atoms with E-state index < -0.39 is 23.5 Å². The van der Waals surface area contributed by atoms with Gasteiger partial charge in [0.05, 0.1) is 11.1 Å². The van der Waals surface area contributed by atoms with Crippen molar-refractivity contribution < 1.29 is 27.2 Å². The second kappa shape index (κ2) is 8.32. The van der Waals surface area contributed by atoms with Crippen LogP contribution >= 0.6 is 0 Å². The lowest BCUT2D eigenvalue weighted by Gasteiger charge is -2.32. The molecule has 4 rings (SSSR count). The molecule has 2 unspecified atom stereocenters. The van der Waals surface area contributed by atoms with Gasteiger partial charge in [0.15, 0.2) is 0 Å². The molecule has 1 saturated heterocycles. The van der Waals surface area contributed by atoms with Crippen LogP contribution in [0.5, 0.6) is 0 Å². The van der Waals surface area contributed by atoms with Gasteiger partial charge in [-0.2, -0.15) is 13.2 Å². The van der Waals surface area contributed by atoms with Gasteiger partial charge in [-0.15, -0.1) is 0 Å². The molecule has 2 aromatic carbocycles. The first-order valence-corrected chi connectivity index (χ1v) is 10.3. The summed E-state index contributed by atoms with van der Waals surface area (Å²) in [6.45, 7) is 0.903. The lowest BCUT2D eigenvalue weighted by atomic mass is 10.0. The van der Waals surface area contributed by atoms with Crippen LogP contribution in [0.3, 0.4) is 0 Å². The highest BCUT2D eigenvalue weighted by Crippen LogP contribution is 2.49. The molecule has 2 amide bonds. The molecule has 1 saturated carbocycles.